The molecular weight excluding hydrogens is 174 g/mol. The zero-order valence-electron chi connectivity index (χ0n) is 8.66. The highest BCUT2D eigenvalue weighted by atomic mass is 16.1. The smallest absolute Gasteiger partial charge is 0.166 e. The van der Waals surface area contributed by atoms with E-state index in [9.17, 15) is 4.79 Å². The highest BCUT2D eigenvalue weighted by Crippen LogP contribution is 2.27. The third-order valence-corrected chi connectivity index (χ3v) is 3.02. The number of rotatable bonds is 2. The van der Waals surface area contributed by atoms with Crippen LogP contribution in [0.3, 0.4) is 0 Å². The minimum atomic E-state index is -0.254. The van der Waals surface area contributed by atoms with Crippen LogP contribution in [-0.4, -0.2) is 22.8 Å². The van der Waals surface area contributed by atoms with E-state index in [4.69, 9.17) is 0 Å². The Balaban J connectivity index is 2.04. The van der Waals surface area contributed by atoms with Gasteiger partial charge in [0.1, 0.15) is 0 Å². The average Bonchev–Trinajstić information content (AvgIpc) is 2.19. The van der Waals surface area contributed by atoms with Crippen molar-refractivity contribution >= 4 is 5.78 Å². The molecule has 0 saturated carbocycles. The second-order valence-electron chi connectivity index (χ2n) is 4.32. The molecule has 0 amide bonds. The zero-order valence-corrected chi connectivity index (χ0v) is 8.66. The Labute approximate surface area is 84.5 Å². The van der Waals surface area contributed by atoms with Crippen LogP contribution in [-0.2, 0) is 11.3 Å². The molecule has 14 heavy (non-hydrogen) atoms. The SMILES string of the molecule is CC1(C)C(=O)CN1Cc1ccccc1. The summed E-state index contributed by atoms with van der Waals surface area (Å²) in [4.78, 5) is 13.5. The lowest BCUT2D eigenvalue weighted by Crippen LogP contribution is -2.63. The highest BCUT2D eigenvalue weighted by Gasteiger charge is 2.44. The van der Waals surface area contributed by atoms with E-state index in [2.05, 4.69) is 17.0 Å². The molecule has 2 nitrogen and oxygen atoms in total. The summed E-state index contributed by atoms with van der Waals surface area (Å²) in [5.41, 5.74) is 1.02. The Morgan fingerprint density at radius 3 is 2.43 bits per heavy atom. The zero-order chi connectivity index (χ0) is 10.2. The van der Waals surface area contributed by atoms with Gasteiger partial charge in [-0.3, -0.25) is 9.69 Å². The van der Waals surface area contributed by atoms with Gasteiger partial charge in [0, 0.05) is 6.54 Å². The monoisotopic (exact) mass is 189 g/mol. The van der Waals surface area contributed by atoms with Gasteiger partial charge in [-0.2, -0.15) is 0 Å². The van der Waals surface area contributed by atoms with Crippen molar-refractivity contribution in [1.29, 1.82) is 0 Å². The maximum atomic E-state index is 11.3. The molecule has 1 heterocycles. The van der Waals surface area contributed by atoms with Crippen LogP contribution in [0, 0.1) is 0 Å². The highest BCUT2D eigenvalue weighted by molar-refractivity contribution is 5.94. The fourth-order valence-corrected chi connectivity index (χ4v) is 1.71. The predicted octanol–water partition coefficient (Wildman–Crippen LogP) is 1.85. The van der Waals surface area contributed by atoms with Crippen molar-refractivity contribution in [1.82, 2.24) is 4.90 Å². The van der Waals surface area contributed by atoms with Gasteiger partial charge in [-0.15, -0.1) is 0 Å². The van der Waals surface area contributed by atoms with E-state index in [1.54, 1.807) is 0 Å². The normalized spacial score (nSPS) is 20.6. The second kappa shape index (κ2) is 3.21. The lowest BCUT2D eigenvalue weighted by atomic mass is 9.87. The second-order valence-corrected chi connectivity index (χ2v) is 4.32. The van der Waals surface area contributed by atoms with Crippen molar-refractivity contribution in [2.24, 2.45) is 0 Å². The molecule has 0 atom stereocenters. The number of carbonyl (C=O) groups is 1. The van der Waals surface area contributed by atoms with Crippen molar-refractivity contribution in [3.05, 3.63) is 35.9 Å². The number of likely N-dealkylation sites (tertiary alicyclic amines) is 1. The molecule has 0 aromatic heterocycles. The van der Waals surface area contributed by atoms with Crippen molar-refractivity contribution in [3.8, 4) is 0 Å². The summed E-state index contributed by atoms with van der Waals surface area (Å²) in [6.07, 6.45) is 0. The summed E-state index contributed by atoms with van der Waals surface area (Å²) in [5, 5.41) is 0. The summed E-state index contributed by atoms with van der Waals surface area (Å²) in [6.45, 7) is 5.45. The standard InChI is InChI=1S/C12H15NO/c1-12(2)11(14)9-13(12)8-10-6-4-3-5-7-10/h3-7H,8-9H2,1-2H3. The van der Waals surface area contributed by atoms with E-state index in [-0.39, 0.29) is 5.54 Å². The summed E-state index contributed by atoms with van der Waals surface area (Å²) in [7, 11) is 0. The van der Waals surface area contributed by atoms with E-state index in [1.165, 1.54) is 5.56 Å². The third kappa shape index (κ3) is 1.46. The molecule has 74 valence electrons. The number of hydrogen-bond donors (Lipinski definition) is 0. The van der Waals surface area contributed by atoms with Crippen LogP contribution in [0.4, 0.5) is 0 Å². The molecule has 0 aliphatic carbocycles. The number of ketones is 1. The van der Waals surface area contributed by atoms with Gasteiger partial charge in [-0.05, 0) is 19.4 Å². The van der Waals surface area contributed by atoms with Crippen molar-refractivity contribution in [2.45, 2.75) is 25.9 Å². The lowest BCUT2D eigenvalue weighted by molar-refractivity contribution is -0.145. The molecule has 0 radical (unpaired) electrons. The van der Waals surface area contributed by atoms with Crippen LogP contribution < -0.4 is 0 Å². The molecule has 1 aromatic rings. The summed E-state index contributed by atoms with van der Waals surface area (Å²) < 4.78 is 0. The number of Topliss-reactive ketones (excluding diaryl/α,β-unsaturated/α-hetero) is 1. The summed E-state index contributed by atoms with van der Waals surface area (Å²) >= 11 is 0. The Bertz CT molecular complexity index is 343. The van der Waals surface area contributed by atoms with E-state index >= 15 is 0 Å². The quantitative estimate of drug-likeness (QED) is 0.707. The molecule has 0 bridgehead atoms. The van der Waals surface area contributed by atoms with Crippen LogP contribution in [0.1, 0.15) is 19.4 Å². The Hall–Kier alpha value is -1.15. The molecule has 1 fully saturated rings. The molecule has 0 spiro atoms. The van der Waals surface area contributed by atoms with E-state index in [0.717, 1.165) is 6.54 Å². The lowest BCUT2D eigenvalue weighted by Gasteiger charge is -2.46. The maximum Gasteiger partial charge on any atom is 0.166 e. The number of hydrogen-bond acceptors (Lipinski definition) is 2. The molecule has 1 aliphatic heterocycles. The molecule has 0 N–H and O–H groups in total. The van der Waals surface area contributed by atoms with Gasteiger partial charge in [-0.1, -0.05) is 30.3 Å². The average molecular weight is 189 g/mol. The third-order valence-electron chi connectivity index (χ3n) is 3.02. The molecule has 2 rings (SSSR count). The minimum absolute atomic E-state index is 0.254. The van der Waals surface area contributed by atoms with Crippen LogP contribution >= 0.6 is 0 Å². The van der Waals surface area contributed by atoms with Gasteiger partial charge < -0.3 is 0 Å². The van der Waals surface area contributed by atoms with Gasteiger partial charge in [0.2, 0.25) is 0 Å². The van der Waals surface area contributed by atoms with E-state index < -0.39 is 0 Å². The van der Waals surface area contributed by atoms with Crippen LogP contribution in [0.25, 0.3) is 0 Å². The predicted molar refractivity (Wildman–Crippen MR) is 55.9 cm³/mol. The topological polar surface area (TPSA) is 20.3 Å². The first kappa shape index (κ1) is 9.41. The van der Waals surface area contributed by atoms with E-state index in [0.29, 0.717) is 12.3 Å². The molecular formula is C12H15NO. The Kier molecular flexibility index (Phi) is 2.16. The molecule has 0 unspecified atom stereocenters. The number of nitrogens with zero attached hydrogens (tertiary/aromatic N) is 1. The first-order valence-corrected chi connectivity index (χ1v) is 4.93. The van der Waals surface area contributed by atoms with E-state index in [1.807, 2.05) is 32.0 Å². The van der Waals surface area contributed by atoms with Crippen LogP contribution in [0.2, 0.25) is 0 Å². The first-order valence-electron chi connectivity index (χ1n) is 4.93. The van der Waals surface area contributed by atoms with Gasteiger partial charge in [0.15, 0.2) is 5.78 Å². The molecule has 1 saturated heterocycles. The Morgan fingerprint density at radius 2 is 1.93 bits per heavy atom. The maximum absolute atomic E-state index is 11.3. The van der Waals surface area contributed by atoms with Crippen molar-refractivity contribution < 1.29 is 4.79 Å². The molecule has 2 heteroatoms. The fraction of sp³-hybridized carbons (Fsp3) is 0.417. The Morgan fingerprint density at radius 1 is 1.29 bits per heavy atom. The summed E-state index contributed by atoms with van der Waals surface area (Å²) in [5.74, 6) is 0.341. The summed E-state index contributed by atoms with van der Waals surface area (Å²) in [6, 6.07) is 10.3. The van der Waals surface area contributed by atoms with Gasteiger partial charge in [0.25, 0.3) is 0 Å². The fourth-order valence-electron chi connectivity index (χ4n) is 1.71. The largest absolute Gasteiger partial charge is 0.296 e. The van der Waals surface area contributed by atoms with Crippen molar-refractivity contribution in [3.63, 3.8) is 0 Å². The minimum Gasteiger partial charge on any atom is -0.296 e. The first-order chi connectivity index (χ1) is 6.60. The van der Waals surface area contributed by atoms with Crippen molar-refractivity contribution in [2.75, 3.05) is 6.54 Å². The van der Waals surface area contributed by atoms with Gasteiger partial charge in [-0.25, -0.2) is 0 Å². The van der Waals surface area contributed by atoms with Crippen LogP contribution in [0.15, 0.2) is 30.3 Å². The van der Waals surface area contributed by atoms with Crippen LogP contribution in [0.5, 0.6) is 0 Å². The van der Waals surface area contributed by atoms with Gasteiger partial charge in [0.05, 0.1) is 12.1 Å². The number of carbonyl (C=O) groups excluding carboxylic acids is 1. The van der Waals surface area contributed by atoms with Gasteiger partial charge >= 0.3 is 0 Å². The molecule has 1 aliphatic rings. The number of benzene rings is 1. The molecule has 1 aromatic carbocycles.